The Kier molecular flexibility index (Phi) is 3.81. The van der Waals surface area contributed by atoms with Crippen LogP contribution >= 0.6 is 11.6 Å². The maximum absolute atomic E-state index is 5.90. The van der Waals surface area contributed by atoms with Gasteiger partial charge in [0.2, 0.25) is 0 Å². The number of ether oxygens (including phenoxy) is 2. The third-order valence-electron chi connectivity index (χ3n) is 3.49. The van der Waals surface area contributed by atoms with Gasteiger partial charge in [-0.2, -0.15) is 0 Å². The van der Waals surface area contributed by atoms with Gasteiger partial charge in [0.05, 0.1) is 6.61 Å². The van der Waals surface area contributed by atoms with Gasteiger partial charge in [-0.1, -0.05) is 23.7 Å². The van der Waals surface area contributed by atoms with Crippen LogP contribution in [-0.2, 0) is 0 Å². The predicted molar refractivity (Wildman–Crippen MR) is 79.9 cm³/mol. The van der Waals surface area contributed by atoms with Gasteiger partial charge in [0.15, 0.2) is 11.5 Å². The summed E-state index contributed by atoms with van der Waals surface area (Å²) < 4.78 is 11.7. The molecule has 0 aliphatic carbocycles. The molecule has 0 amide bonds. The molecule has 1 heterocycles. The van der Waals surface area contributed by atoms with E-state index in [0.29, 0.717) is 24.1 Å². The molecule has 1 aliphatic rings. The Bertz CT molecular complexity index is 598. The summed E-state index contributed by atoms with van der Waals surface area (Å²) in [7, 11) is 0. The molecule has 2 N–H and O–H groups in total. The monoisotopic (exact) mass is 289 g/mol. The minimum Gasteiger partial charge on any atom is -0.489 e. The van der Waals surface area contributed by atoms with Gasteiger partial charge in [0.25, 0.3) is 0 Å². The summed E-state index contributed by atoms with van der Waals surface area (Å²) in [6.07, 6.45) is 0.952. The van der Waals surface area contributed by atoms with Gasteiger partial charge in [0.1, 0.15) is 5.75 Å². The predicted octanol–water partition coefficient (Wildman–Crippen LogP) is 3.96. The van der Waals surface area contributed by atoms with Crippen molar-refractivity contribution in [1.29, 1.82) is 0 Å². The van der Waals surface area contributed by atoms with Crippen LogP contribution in [0.2, 0.25) is 5.02 Å². The van der Waals surface area contributed by atoms with Crippen molar-refractivity contribution in [3.63, 3.8) is 0 Å². The van der Waals surface area contributed by atoms with Crippen LogP contribution in [0.3, 0.4) is 0 Å². The molecular weight excluding hydrogens is 274 g/mol. The van der Waals surface area contributed by atoms with Crippen LogP contribution in [0.4, 0.5) is 0 Å². The minimum atomic E-state index is 0.340. The number of hydrogen-bond acceptors (Lipinski definition) is 3. The number of hydrogen-bond donors (Lipinski definition) is 1. The highest BCUT2D eigenvalue weighted by molar-refractivity contribution is 6.30. The smallest absolute Gasteiger partial charge is 0.169 e. The number of benzene rings is 2. The lowest BCUT2D eigenvalue weighted by Gasteiger charge is -2.26. The Labute approximate surface area is 123 Å². The molecule has 0 bridgehead atoms. The first-order valence-corrected chi connectivity index (χ1v) is 7.05. The van der Waals surface area contributed by atoms with Gasteiger partial charge in [-0.25, -0.2) is 0 Å². The average molecular weight is 290 g/mol. The first kappa shape index (κ1) is 13.3. The summed E-state index contributed by atoms with van der Waals surface area (Å²) in [6, 6.07) is 13.2. The maximum Gasteiger partial charge on any atom is 0.169 e. The lowest BCUT2D eigenvalue weighted by Crippen LogP contribution is -2.21. The molecule has 0 saturated carbocycles. The van der Waals surface area contributed by atoms with Crippen LogP contribution in [0.1, 0.15) is 17.9 Å². The summed E-state index contributed by atoms with van der Waals surface area (Å²) >= 11 is 5.87. The quantitative estimate of drug-likeness (QED) is 0.930. The van der Waals surface area contributed by atoms with E-state index in [-0.39, 0.29) is 0 Å². The molecule has 3 rings (SSSR count). The second-order valence-corrected chi connectivity index (χ2v) is 5.24. The van der Waals surface area contributed by atoms with E-state index in [0.717, 1.165) is 29.2 Å². The van der Waals surface area contributed by atoms with Gasteiger partial charge in [0, 0.05) is 16.5 Å². The first-order valence-electron chi connectivity index (χ1n) is 6.67. The van der Waals surface area contributed by atoms with Crippen LogP contribution in [-0.4, -0.2) is 13.2 Å². The normalized spacial score (nSPS) is 17.2. The SMILES string of the molecule is NCC1CCOc2c(Oc3ccc(Cl)cc3)cccc21. The van der Waals surface area contributed by atoms with Crippen LogP contribution in [0.25, 0.3) is 0 Å². The Hall–Kier alpha value is -1.71. The molecule has 1 atom stereocenters. The van der Waals surface area contributed by atoms with Gasteiger partial charge >= 0.3 is 0 Å². The van der Waals surface area contributed by atoms with E-state index >= 15 is 0 Å². The lowest BCUT2D eigenvalue weighted by molar-refractivity contribution is 0.257. The third kappa shape index (κ3) is 2.60. The second kappa shape index (κ2) is 5.73. The molecule has 20 heavy (non-hydrogen) atoms. The van der Waals surface area contributed by atoms with Gasteiger partial charge in [-0.05, 0) is 43.3 Å². The molecule has 1 unspecified atom stereocenters. The van der Waals surface area contributed by atoms with Crippen molar-refractivity contribution < 1.29 is 9.47 Å². The highest BCUT2D eigenvalue weighted by atomic mass is 35.5. The highest BCUT2D eigenvalue weighted by Crippen LogP contribution is 2.41. The van der Waals surface area contributed by atoms with E-state index in [2.05, 4.69) is 6.07 Å². The fourth-order valence-electron chi connectivity index (χ4n) is 2.42. The number of nitrogens with two attached hydrogens (primary N) is 1. The molecule has 0 fully saturated rings. The molecule has 2 aromatic carbocycles. The number of halogens is 1. The fourth-order valence-corrected chi connectivity index (χ4v) is 2.55. The van der Waals surface area contributed by atoms with E-state index in [1.807, 2.05) is 24.3 Å². The largest absolute Gasteiger partial charge is 0.489 e. The fraction of sp³-hybridized carbons (Fsp3) is 0.250. The van der Waals surface area contributed by atoms with Crippen LogP contribution in [0, 0.1) is 0 Å². The van der Waals surface area contributed by atoms with E-state index < -0.39 is 0 Å². The van der Waals surface area contributed by atoms with Gasteiger partial charge in [-0.3, -0.25) is 0 Å². The van der Waals surface area contributed by atoms with Gasteiger partial charge in [-0.15, -0.1) is 0 Å². The Morgan fingerprint density at radius 3 is 2.75 bits per heavy atom. The number of rotatable bonds is 3. The molecule has 104 valence electrons. The lowest BCUT2D eigenvalue weighted by atomic mass is 9.93. The van der Waals surface area contributed by atoms with Crippen molar-refractivity contribution in [2.45, 2.75) is 12.3 Å². The van der Waals surface area contributed by atoms with Gasteiger partial charge < -0.3 is 15.2 Å². The van der Waals surface area contributed by atoms with E-state index in [9.17, 15) is 0 Å². The molecule has 2 aromatic rings. The van der Waals surface area contributed by atoms with Crippen molar-refractivity contribution in [1.82, 2.24) is 0 Å². The second-order valence-electron chi connectivity index (χ2n) is 4.80. The topological polar surface area (TPSA) is 44.5 Å². The minimum absolute atomic E-state index is 0.340. The Morgan fingerprint density at radius 2 is 2.00 bits per heavy atom. The Balaban J connectivity index is 1.92. The maximum atomic E-state index is 5.90. The summed E-state index contributed by atoms with van der Waals surface area (Å²) in [4.78, 5) is 0. The van der Waals surface area contributed by atoms with E-state index in [1.165, 1.54) is 0 Å². The summed E-state index contributed by atoms with van der Waals surface area (Å²) in [6.45, 7) is 1.30. The molecule has 0 aromatic heterocycles. The zero-order valence-electron chi connectivity index (χ0n) is 11.0. The number of para-hydroxylation sites is 1. The van der Waals surface area contributed by atoms with Crippen molar-refractivity contribution in [3.8, 4) is 17.2 Å². The zero-order chi connectivity index (χ0) is 13.9. The molecule has 0 radical (unpaired) electrons. The zero-order valence-corrected chi connectivity index (χ0v) is 11.8. The molecular formula is C16H16ClNO2. The third-order valence-corrected chi connectivity index (χ3v) is 3.74. The van der Waals surface area contributed by atoms with Crippen LogP contribution in [0.15, 0.2) is 42.5 Å². The van der Waals surface area contributed by atoms with Crippen molar-refractivity contribution in [2.75, 3.05) is 13.2 Å². The summed E-state index contributed by atoms with van der Waals surface area (Å²) in [5, 5.41) is 0.687. The standard InChI is InChI=1S/C16H16ClNO2/c17-12-4-6-13(7-5-12)20-15-3-1-2-14-11(10-18)8-9-19-16(14)15/h1-7,11H,8-10,18H2. The summed E-state index contributed by atoms with van der Waals surface area (Å²) in [5.74, 6) is 2.61. The van der Waals surface area contributed by atoms with Crippen LogP contribution < -0.4 is 15.2 Å². The van der Waals surface area contributed by atoms with Crippen molar-refractivity contribution in [3.05, 3.63) is 53.1 Å². The van der Waals surface area contributed by atoms with Crippen molar-refractivity contribution in [2.24, 2.45) is 5.73 Å². The molecule has 4 heteroatoms. The van der Waals surface area contributed by atoms with E-state index in [1.54, 1.807) is 12.1 Å². The molecule has 0 spiro atoms. The van der Waals surface area contributed by atoms with Crippen LogP contribution in [0.5, 0.6) is 17.2 Å². The van der Waals surface area contributed by atoms with E-state index in [4.69, 9.17) is 26.8 Å². The van der Waals surface area contributed by atoms with Crippen molar-refractivity contribution >= 4 is 11.6 Å². The Morgan fingerprint density at radius 1 is 1.20 bits per heavy atom. The highest BCUT2D eigenvalue weighted by Gasteiger charge is 2.23. The average Bonchev–Trinajstić information content (AvgIpc) is 2.49. The summed E-state index contributed by atoms with van der Waals surface area (Å²) in [5.41, 5.74) is 6.96. The number of fused-ring (bicyclic) bond motifs is 1. The molecule has 3 nitrogen and oxygen atoms in total. The molecule has 1 aliphatic heterocycles. The molecule has 0 saturated heterocycles. The first-order chi connectivity index (χ1) is 9.78.